The Morgan fingerprint density at radius 3 is 2.41 bits per heavy atom. The lowest BCUT2D eigenvalue weighted by Crippen LogP contribution is -2.31. The first-order chi connectivity index (χ1) is 15.5. The molecule has 2 unspecified atom stereocenters. The van der Waals surface area contributed by atoms with Crippen molar-refractivity contribution in [2.24, 2.45) is 0 Å². The number of hydrogen-bond donors (Lipinski definition) is 3. The molecule has 3 N–H and O–H groups in total. The van der Waals surface area contributed by atoms with Gasteiger partial charge in [0.05, 0.1) is 6.10 Å². The van der Waals surface area contributed by atoms with Crippen LogP contribution in [-0.4, -0.2) is 40.5 Å². The number of rotatable bonds is 7. The molecule has 1 aliphatic rings. The highest BCUT2D eigenvalue weighted by atomic mass is 19.1. The Kier molecular flexibility index (Phi) is 6.48. The summed E-state index contributed by atoms with van der Waals surface area (Å²) in [4.78, 5) is 15.8. The van der Waals surface area contributed by atoms with Gasteiger partial charge in [-0.05, 0) is 47.2 Å². The monoisotopic (exact) mass is 436 g/mol. The number of nitrogens with one attached hydrogen (secondary N) is 1. The summed E-state index contributed by atoms with van der Waals surface area (Å²) in [5.74, 6) is -0.871. The van der Waals surface area contributed by atoms with Gasteiger partial charge in [0.2, 0.25) is 5.95 Å². The molecule has 0 spiro atoms. The molecule has 3 aromatic rings. The van der Waals surface area contributed by atoms with Crippen LogP contribution in [0.3, 0.4) is 0 Å². The van der Waals surface area contributed by atoms with E-state index in [1.54, 1.807) is 6.92 Å². The highest BCUT2D eigenvalue weighted by Gasteiger charge is 2.29. The van der Waals surface area contributed by atoms with Crippen LogP contribution in [0, 0.1) is 12.9 Å². The molecule has 0 fully saturated rings. The van der Waals surface area contributed by atoms with Gasteiger partial charge in [-0.2, -0.15) is 4.39 Å². The van der Waals surface area contributed by atoms with Crippen LogP contribution >= 0.6 is 0 Å². The highest BCUT2D eigenvalue weighted by molar-refractivity contribution is 5.79. The van der Waals surface area contributed by atoms with Crippen molar-refractivity contribution < 1.29 is 24.1 Å². The molecule has 32 heavy (non-hydrogen) atoms. The molecule has 0 saturated carbocycles. The Morgan fingerprint density at radius 1 is 1.12 bits per heavy atom. The van der Waals surface area contributed by atoms with Crippen molar-refractivity contribution in [3.05, 3.63) is 89.0 Å². The number of aliphatic hydroxyl groups excluding tert-OH is 2. The molecule has 7 heteroatoms. The van der Waals surface area contributed by atoms with Gasteiger partial charge in [-0.15, -0.1) is 0 Å². The number of carbonyl (C=O) groups is 1. The Bertz CT molecular complexity index is 1080. The van der Waals surface area contributed by atoms with Crippen LogP contribution < -0.4 is 5.32 Å². The third-order valence-corrected chi connectivity index (χ3v) is 5.74. The Balaban J connectivity index is 1.29. The fourth-order valence-electron chi connectivity index (χ4n) is 4.12. The number of nitrogens with zero attached hydrogens (tertiary/aromatic N) is 1. The topological polar surface area (TPSA) is 91.7 Å². The number of halogens is 1. The van der Waals surface area contributed by atoms with E-state index in [9.17, 15) is 19.4 Å². The minimum absolute atomic E-state index is 0.0265. The zero-order valence-electron chi connectivity index (χ0n) is 17.7. The quantitative estimate of drug-likeness (QED) is 0.490. The largest absolute Gasteiger partial charge is 0.449 e. The lowest BCUT2D eigenvalue weighted by molar-refractivity contribution is 0.0112. The van der Waals surface area contributed by atoms with Gasteiger partial charge in [-0.1, -0.05) is 48.5 Å². The standard InChI is InChI=1S/C25H25FN2O4/c1-15-12-20(24(26)28-13-15)23(30)22(29)10-11-27-25(31)32-14-21-18-8-4-2-6-16(18)17-7-3-5-9-19(17)21/h2-9,12-13,21-23,29-30H,10-11,14H2,1H3,(H,27,31). The molecule has 2 atom stereocenters. The second-order valence-electron chi connectivity index (χ2n) is 7.95. The van der Waals surface area contributed by atoms with Crippen LogP contribution in [0.25, 0.3) is 11.1 Å². The van der Waals surface area contributed by atoms with Crippen molar-refractivity contribution in [3.8, 4) is 11.1 Å². The van der Waals surface area contributed by atoms with Crippen LogP contribution in [0.4, 0.5) is 9.18 Å². The average Bonchev–Trinajstić information content (AvgIpc) is 3.12. The number of aromatic nitrogens is 1. The Morgan fingerprint density at radius 2 is 1.75 bits per heavy atom. The SMILES string of the molecule is Cc1cnc(F)c(C(O)C(O)CCNC(=O)OCC2c3ccccc3-c3ccccc32)c1. The van der Waals surface area contributed by atoms with Crippen molar-refractivity contribution in [1.82, 2.24) is 10.3 Å². The second-order valence-corrected chi connectivity index (χ2v) is 7.95. The zero-order chi connectivity index (χ0) is 22.7. The van der Waals surface area contributed by atoms with Gasteiger partial charge in [0.25, 0.3) is 0 Å². The summed E-state index contributed by atoms with van der Waals surface area (Å²) in [6, 6.07) is 17.6. The van der Waals surface area contributed by atoms with E-state index in [4.69, 9.17) is 4.74 Å². The molecule has 0 aliphatic heterocycles. The first-order valence-corrected chi connectivity index (χ1v) is 10.5. The van der Waals surface area contributed by atoms with Crippen molar-refractivity contribution in [1.29, 1.82) is 0 Å². The number of benzene rings is 2. The maximum absolute atomic E-state index is 13.8. The van der Waals surface area contributed by atoms with Crippen LogP contribution in [0.2, 0.25) is 0 Å². The molecule has 0 radical (unpaired) electrons. The van der Waals surface area contributed by atoms with Crippen molar-refractivity contribution in [3.63, 3.8) is 0 Å². The molecule has 6 nitrogen and oxygen atoms in total. The van der Waals surface area contributed by atoms with Crippen molar-refractivity contribution >= 4 is 6.09 Å². The predicted molar refractivity (Wildman–Crippen MR) is 118 cm³/mol. The van der Waals surface area contributed by atoms with Gasteiger partial charge in [-0.3, -0.25) is 0 Å². The van der Waals surface area contributed by atoms with E-state index in [0.717, 1.165) is 22.3 Å². The molecular weight excluding hydrogens is 411 g/mol. The first-order valence-electron chi connectivity index (χ1n) is 10.5. The van der Waals surface area contributed by atoms with Crippen LogP contribution in [0.15, 0.2) is 60.8 Å². The fourth-order valence-corrected chi connectivity index (χ4v) is 4.12. The number of pyridine rings is 1. The summed E-state index contributed by atoms with van der Waals surface area (Å²) in [7, 11) is 0. The molecule has 1 aromatic heterocycles. The third-order valence-electron chi connectivity index (χ3n) is 5.74. The molecule has 1 heterocycles. The summed E-state index contributed by atoms with van der Waals surface area (Å²) >= 11 is 0. The maximum Gasteiger partial charge on any atom is 0.407 e. The minimum atomic E-state index is -1.44. The molecule has 4 rings (SSSR count). The van der Waals surface area contributed by atoms with Crippen LogP contribution in [-0.2, 0) is 4.74 Å². The number of aryl methyl sites for hydroxylation is 1. The fraction of sp³-hybridized carbons (Fsp3) is 0.280. The summed E-state index contributed by atoms with van der Waals surface area (Å²) < 4.78 is 19.3. The van der Waals surface area contributed by atoms with E-state index in [0.29, 0.717) is 5.56 Å². The van der Waals surface area contributed by atoms with Gasteiger partial charge < -0.3 is 20.3 Å². The maximum atomic E-state index is 13.8. The lowest BCUT2D eigenvalue weighted by Gasteiger charge is -2.19. The van der Waals surface area contributed by atoms with Crippen molar-refractivity contribution in [2.75, 3.05) is 13.2 Å². The molecular formula is C25H25FN2O4. The first kappa shape index (κ1) is 21.9. The number of alkyl carbamates (subject to hydrolysis) is 1. The number of carbonyl (C=O) groups excluding carboxylic acids is 1. The Labute approximate surface area is 185 Å². The van der Waals surface area contributed by atoms with Crippen LogP contribution in [0.1, 0.15) is 40.7 Å². The molecule has 0 bridgehead atoms. The zero-order valence-corrected chi connectivity index (χ0v) is 17.7. The van der Waals surface area contributed by atoms with E-state index in [-0.39, 0.29) is 31.1 Å². The lowest BCUT2D eigenvalue weighted by atomic mass is 9.98. The number of fused-ring (bicyclic) bond motifs is 3. The van der Waals surface area contributed by atoms with E-state index in [1.807, 2.05) is 36.4 Å². The third kappa shape index (κ3) is 4.49. The second kappa shape index (κ2) is 9.46. The van der Waals surface area contributed by atoms with Gasteiger partial charge in [0, 0.05) is 24.2 Å². The van der Waals surface area contributed by atoms with E-state index in [1.165, 1.54) is 12.3 Å². The smallest absolute Gasteiger partial charge is 0.407 e. The number of hydrogen-bond acceptors (Lipinski definition) is 5. The van der Waals surface area contributed by atoms with E-state index in [2.05, 4.69) is 22.4 Å². The van der Waals surface area contributed by atoms with Crippen molar-refractivity contribution in [2.45, 2.75) is 31.5 Å². The summed E-state index contributed by atoms with van der Waals surface area (Å²) in [6.07, 6.45) is -1.94. The van der Waals surface area contributed by atoms with Gasteiger partial charge in [-0.25, -0.2) is 9.78 Å². The summed E-state index contributed by atoms with van der Waals surface area (Å²) in [5.41, 5.74) is 5.13. The van der Waals surface area contributed by atoms with E-state index < -0.39 is 24.2 Å². The molecule has 166 valence electrons. The van der Waals surface area contributed by atoms with Crippen LogP contribution in [0.5, 0.6) is 0 Å². The summed E-state index contributed by atoms with van der Waals surface area (Å²) in [6.45, 7) is 1.97. The Hall–Kier alpha value is -3.29. The van der Waals surface area contributed by atoms with E-state index >= 15 is 0 Å². The number of ether oxygens (including phenoxy) is 1. The summed E-state index contributed by atoms with van der Waals surface area (Å²) in [5, 5.41) is 23.0. The minimum Gasteiger partial charge on any atom is -0.449 e. The van der Waals surface area contributed by atoms with Gasteiger partial charge >= 0.3 is 6.09 Å². The highest BCUT2D eigenvalue weighted by Crippen LogP contribution is 2.44. The number of aliphatic hydroxyl groups is 2. The predicted octanol–water partition coefficient (Wildman–Crippen LogP) is 3.85. The molecule has 1 aliphatic carbocycles. The normalized spacial score (nSPS) is 14.4. The molecule has 1 amide bonds. The van der Waals surface area contributed by atoms with Gasteiger partial charge in [0.1, 0.15) is 12.7 Å². The molecule has 2 aromatic carbocycles. The average molecular weight is 436 g/mol. The van der Waals surface area contributed by atoms with Gasteiger partial charge in [0.15, 0.2) is 0 Å². The molecule has 0 saturated heterocycles. The number of amides is 1.